The van der Waals surface area contributed by atoms with E-state index in [4.69, 9.17) is 11.6 Å². The van der Waals surface area contributed by atoms with Gasteiger partial charge in [-0.15, -0.1) is 0 Å². The quantitative estimate of drug-likeness (QED) is 0.859. The molecule has 3 nitrogen and oxygen atoms in total. The van der Waals surface area contributed by atoms with E-state index in [1.54, 1.807) is 0 Å². The van der Waals surface area contributed by atoms with Crippen molar-refractivity contribution in [1.29, 1.82) is 0 Å². The van der Waals surface area contributed by atoms with Gasteiger partial charge in [-0.1, -0.05) is 23.7 Å². The molecular formula is C16H18ClNO2. The highest BCUT2D eigenvalue weighted by Crippen LogP contribution is 2.29. The first kappa shape index (κ1) is 13.6. The molecule has 1 atom stereocenters. The molecule has 1 aromatic carbocycles. The Bertz CT molecular complexity index is 518. The summed E-state index contributed by atoms with van der Waals surface area (Å²) in [6, 6.07) is 7.93. The first-order chi connectivity index (χ1) is 9.61. The molecule has 1 saturated carbocycles. The third-order valence-corrected chi connectivity index (χ3v) is 4.58. The Morgan fingerprint density at radius 1 is 1.25 bits per heavy atom. The van der Waals surface area contributed by atoms with Gasteiger partial charge in [0.2, 0.25) is 5.91 Å². The van der Waals surface area contributed by atoms with Crippen LogP contribution in [0.25, 0.3) is 0 Å². The minimum Gasteiger partial charge on any atom is -0.342 e. The average molecular weight is 292 g/mol. The maximum Gasteiger partial charge on any atom is 0.226 e. The number of carbonyl (C=O) groups is 2. The van der Waals surface area contributed by atoms with E-state index in [1.807, 2.05) is 17.0 Å². The highest BCUT2D eigenvalue weighted by Gasteiger charge is 2.37. The maximum absolute atomic E-state index is 12.2. The van der Waals surface area contributed by atoms with E-state index in [9.17, 15) is 9.59 Å². The van der Waals surface area contributed by atoms with Crippen molar-refractivity contribution in [2.75, 3.05) is 13.1 Å². The van der Waals surface area contributed by atoms with Gasteiger partial charge in [0.25, 0.3) is 0 Å². The van der Waals surface area contributed by atoms with Gasteiger partial charge in [-0.3, -0.25) is 9.59 Å². The third-order valence-electron chi connectivity index (χ3n) is 4.33. The topological polar surface area (TPSA) is 37.4 Å². The number of rotatable bonds is 3. The van der Waals surface area contributed by atoms with Gasteiger partial charge in [0.05, 0.1) is 5.92 Å². The molecule has 1 aliphatic carbocycles. The van der Waals surface area contributed by atoms with Crippen molar-refractivity contribution in [2.24, 2.45) is 11.8 Å². The summed E-state index contributed by atoms with van der Waals surface area (Å²) in [7, 11) is 0. The van der Waals surface area contributed by atoms with E-state index in [0.29, 0.717) is 18.8 Å². The van der Waals surface area contributed by atoms with Crippen LogP contribution >= 0.6 is 11.6 Å². The fourth-order valence-electron chi connectivity index (χ4n) is 3.08. The number of ketones is 1. The fourth-order valence-corrected chi connectivity index (χ4v) is 3.20. The Morgan fingerprint density at radius 2 is 1.95 bits per heavy atom. The molecule has 0 aromatic heterocycles. The number of nitrogens with zero attached hydrogens (tertiary/aromatic N) is 1. The number of likely N-dealkylation sites (tertiary alicyclic amines) is 1. The lowest BCUT2D eigenvalue weighted by Crippen LogP contribution is -2.41. The van der Waals surface area contributed by atoms with Gasteiger partial charge in [0.15, 0.2) is 0 Å². The number of hydrogen-bond donors (Lipinski definition) is 0. The molecule has 106 valence electrons. The average Bonchev–Trinajstić information content (AvgIpc) is 2.86. The summed E-state index contributed by atoms with van der Waals surface area (Å²) in [5, 5.41) is 0.756. The second-order valence-corrected chi connectivity index (χ2v) is 6.35. The molecule has 0 spiro atoms. The summed E-state index contributed by atoms with van der Waals surface area (Å²) in [5.41, 5.74) is 1.27. The molecule has 2 fully saturated rings. The van der Waals surface area contributed by atoms with Crippen molar-refractivity contribution in [3.8, 4) is 0 Å². The first-order valence-corrected chi connectivity index (χ1v) is 7.54. The van der Waals surface area contributed by atoms with E-state index in [-0.39, 0.29) is 17.6 Å². The fraction of sp³-hybridized carbons (Fsp3) is 0.500. The predicted molar refractivity (Wildman–Crippen MR) is 77.6 cm³/mol. The molecule has 0 bridgehead atoms. The predicted octanol–water partition coefficient (Wildman–Crippen LogP) is 2.71. The van der Waals surface area contributed by atoms with Crippen molar-refractivity contribution in [3.63, 3.8) is 0 Å². The lowest BCUT2D eigenvalue weighted by Gasteiger charge is -2.28. The molecule has 1 unspecified atom stereocenters. The Kier molecular flexibility index (Phi) is 3.79. The molecule has 3 rings (SSSR count). The smallest absolute Gasteiger partial charge is 0.226 e. The second kappa shape index (κ2) is 5.57. The summed E-state index contributed by atoms with van der Waals surface area (Å²) >= 11 is 5.88. The zero-order valence-electron chi connectivity index (χ0n) is 11.3. The van der Waals surface area contributed by atoms with Crippen molar-refractivity contribution >= 4 is 23.3 Å². The second-order valence-electron chi connectivity index (χ2n) is 5.91. The van der Waals surface area contributed by atoms with Crippen molar-refractivity contribution in [2.45, 2.75) is 25.7 Å². The monoisotopic (exact) mass is 291 g/mol. The molecule has 0 N–H and O–H groups in total. The van der Waals surface area contributed by atoms with Crippen LogP contribution in [0.15, 0.2) is 24.3 Å². The number of hydrogen-bond acceptors (Lipinski definition) is 2. The summed E-state index contributed by atoms with van der Waals surface area (Å²) in [4.78, 5) is 25.1. The van der Waals surface area contributed by atoms with Gasteiger partial charge in [0.1, 0.15) is 5.78 Å². The Morgan fingerprint density at radius 3 is 2.60 bits per heavy atom. The summed E-state index contributed by atoms with van der Waals surface area (Å²) in [6.45, 7) is 1.66. The van der Waals surface area contributed by atoms with E-state index in [2.05, 4.69) is 12.1 Å². The molecule has 0 radical (unpaired) electrons. The van der Waals surface area contributed by atoms with Crippen LogP contribution in [0.2, 0.25) is 5.02 Å². The van der Waals surface area contributed by atoms with Crippen molar-refractivity contribution < 1.29 is 9.59 Å². The molecule has 4 heteroatoms. The molecule has 1 aliphatic heterocycles. The van der Waals surface area contributed by atoms with E-state index < -0.39 is 0 Å². The number of Topliss-reactive ketones (excluding diaryl/α,β-unsaturated/α-hetero) is 1. The molecule has 2 aliphatic rings. The van der Waals surface area contributed by atoms with Crippen molar-refractivity contribution in [3.05, 3.63) is 34.9 Å². The van der Waals surface area contributed by atoms with E-state index in [0.717, 1.165) is 31.0 Å². The van der Waals surface area contributed by atoms with Crippen molar-refractivity contribution in [1.82, 2.24) is 4.90 Å². The standard InChI is InChI=1S/C16H18ClNO2/c17-14-3-1-11(2-4-14)7-12-5-6-18(10-12)16(20)13-8-15(19)9-13/h1-4,12-13H,5-10H2. The molecule has 1 saturated heterocycles. The first-order valence-electron chi connectivity index (χ1n) is 7.17. The van der Waals surface area contributed by atoms with Gasteiger partial charge in [-0.25, -0.2) is 0 Å². The van der Waals surface area contributed by atoms with Gasteiger partial charge in [0, 0.05) is 31.0 Å². The van der Waals surface area contributed by atoms with Gasteiger partial charge < -0.3 is 4.90 Å². The van der Waals surface area contributed by atoms with Crippen LogP contribution in [0.4, 0.5) is 0 Å². The van der Waals surface area contributed by atoms with E-state index in [1.165, 1.54) is 5.56 Å². The zero-order valence-corrected chi connectivity index (χ0v) is 12.1. The highest BCUT2D eigenvalue weighted by molar-refractivity contribution is 6.30. The van der Waals surface area contributed by atoms with Crippen LogP contribution in [0.3, 0.4) is 0 Å². The van der Waals surface area contributed by atoms with Crippen LogP contribution in [0.5, 0.6) is 0 Å². The third kappa shape index (κ3) is 2.88. The van der Waals surface area contributed by atoms with Crippen LogP contribution < -0.4 is 0 Å². The summed E-state index contributed by atoms with van der Waals surface area (Å²) in [5.74, 6) is 0.899. The lowest BCUT2D eigenvalue weighted by molar-refractivity contribution is -0.144. The SMILES string of the molecule is O=C1CC(C(=O)N2CCC(Cc3ccc(Cl)cc3)C2)C1. The Balaban J connectivity index is 1.53. The maximum atomic E-state index is 12.2. The van der Waals surface area contributed by atoms with Crippen LogP contribution in [0.1, 0.15) is 24.8 Å². The van der Waals surface area contributed by atoms with E-state index >= 15 is 0 Å². The van der Waals surface area contributed by atoms with Gasteiger partial charge >= 0.3 is 0 Å². The van der Waals surface area contributed by atoms with Crippen LogP contribution in [0, 0.1) is 11.8 Å². The Hall–Kier alpha value is -1.35. The normalized spacial score (nSPS) is 22.9. The number of amides is 1. The van der Waals surface area contributed by atoms with Gasteiger partial charge in [-0.2, -0.15) is 0 Å². The molecule has 20 heavy (non-hydrogen) atoms. The Labute approximate surface area is 123 Å². The highest BCUT2D eigenvalue weighted by atomic mass is 35.5. The summed E-state index contributed by atoms with van der Waals surface area (Å²) in [6.07, 6.45) is 2.95. The lowest BCUT2D eigenvalue weighted by atomic mass is 9.83. The molecule has 1 aromatic rings. The number of benzene rings is 1. The molecular weight excluding hydrogens is 274 g/mol. The minimum absolute atomic E-state index is 0.0308. The minimum atomic E-state index is -0.0308. The van der Waals surface area contributed by atoms with Crippen LogP contribution in [-0.4, -0.2) is 29.7 Å². The summed E-state index contributed by atoms with van der Waals surface area (Å²) < 4.78 is 0. The number of halogens is 1. The van der Waals surface area contributed by atoms with Crippen LogP contribution in [-0.2, 0) is 16.0 Å². The molecule has 1 amide bonds. The largest absolute Gasteiger partial charge is 0.342 e. The zero-order chi connectivity index (χ0) is 14.1. The molecule has 1 heterocycles. The van der Waals surface area contributed by atoms with Gasteiger partial charge in [-0.05, 0) is 36.5 Å². The number of carbonyl (C=O) groups excluding carboxylic acids is 2.